The van der Waals surface area contributed by atoms with Crippen molar-refractivity contribution in [3.63, 3.8) is 0 Å². The molecule has 86 valence electrons. The third kappa shape index (κ3) is 2.49. The number of pyridine rings is 1. The average Bonchev–Trinajstić information content (AvgIpc) is 2.31. The Morgan fingerprint density at radius 1 is 1.62 bits per heavy atom. The second-order valence-corrected chi connectivity index (χ2v) is 3.63. The maximum Gasteiger partial charge on any atom is 0.339 e. The number of carbonyl (C=O) groups is 1. The normalized spacial score (nSPS) is 20.4. The van der Waals surface area contributed by atoms with E-state index in [0.717, 1.165) is 19.4 Å². The van der Waals surface area contributed by atoms with Crippen molar-refractivity contribution in [2.45, 2.75) is 18.9 Å². The summed E-state index contributed by atoms with van der Waals surface area (Å²) in [5, 5.41) is 8.96. The molecule has 1 atom stereocenters. The number of hydrogen-bond acceptors (Lipinski definition) is 4. The lowest BCUT2D eigenvalue weighted by molar-refractivity contribution is 0.00663. The molecule has 1 N–H and O–H groups in total. The van der Waals surface area contributed by atoms with E-state index in [1.807, 2.05) is 0 Å². The van der Waals surface area contributed by atoms with E-state index >= 15 is 0 Å². The van der Waals surface area contributed by atoms with Crippen LogP contribution in [0.2, 0.25) is 0 Å². The standard InChI is InChI=1S/C11H13NO4/c13-11(14)9-3-4-12-6-10(9)16-8-2-1-5-15-7-8/h3-4,6,8H,1-2,5,7H2,(H,13,14). The number of nitrogens with zero attached hydrogens (tertiary/aromatic N) is 1. The minimum Gasteiger partial charge on any atom is -0.485 e. The predicted molar refractivity (Wildman–Crippen MR) is 55.7 cm³/mol. The van der Waals surface area contributed by atoms with E-state index in [4.69, 9.17) is 14.6 Å². The molecule has 0 bridgehead atoms. The van der Waals surface area contributed by atoms with Crippen molar-refractivity contribution in [1.29, 1.82) is 0 Å². The van der Waals surface area contributed by atoms with Crippen LogP contribution in [0.25, 0.3) is 0 Å². The molecule has 0 spiro atoms. The molecular weight excluding hydrogens is 210 g/mol. The average molecular weight is 223 g/mol. The number of carboxylic acid groups (broad SMARTS) is 1. The molecule has 0 amide bonds. The molecule has 0 aliphatic carbocycles. The van der Waals surface area contributed by atoms with Crippen molar-refractivity contribution >= 4 is 5.97 Å². The molecule has 0 aromatic carbocycles. The molecule has 1 saturated heterocycles. The van der Waals surface area contributed by atoms with Gasteiger partial charge in [0.2, 0.25) is 0 Å². The fourth-order valence-electron chi connectivity index (χ4n) is 1.63. The predicted octanol–water partition coefficient (Wildman–Crippen LogP) is 1.34. The summed E-state index contributed by atoms with van der Waals surface area (Å²) in [4.78, 5) is 14.8. The Morgan fingerprint density at radius 3 is 3.19 bits per heavy atom. The van der Waals surface area contributed by atoms with Crippen molar-refractivity contribution < 1.29 is 19.4 Å². The summed E-state index contributed by atoms with van der Waals surface area (Å²) in [5.74, 6) is -0.695. The molecule has 1 fully saturated rings. The highest BCUT2D eigenvalue weighted by Gasteiger charge is 2.18. The van der Waals surface area contributed by atoms with Gasteiger partial charge in [-0.05, 0) is 18.9 Å². The molecule has 2 heterocycles. The van der Waals surface area contributed by atoms with Gasteiger partial charge in [-0.25, -0.2) is 4.79 Å². The largest absolute Gasteiger partial charge is 0.485 e. The van der Waals surface area contributed by atoms with Crippen LogP contribution in [-0.4, -0.2) is 35.4 Å². The van der Waals surface area contributed by atoms with Crippen LogP contribution in [0.1, 0.15) is 23.2 Å². The molecule has 5 nitrogen and oxygen atoms in total. The van der Waals surface area contributed by atoms with Crippen LogP contribution in [0.3, 0.4) is 0 Å². The van der Waals surface area contributed by atoms with Gasteiger partial charge in [0.15, 0.2) is 5.75 Å². The first-order chi connectivity index (χ1) is 7.77. The Hall–Kier alpha value is -1.62. The van der Waals surface area contributed by atoms with Crippen LogP contribution in [-0.2, 0) is 4.74 Å². The molecule has 1 aliphatic heterocycles. The lowest BCUT2D eigenvalue weighted by Gasteiger charge is -2.23. The zero-order chi connectivity index (χ0) is 11.4. The quantitative estimate of drug-likeness (QED) is 0.837. The van der Waals surface area contributed by atoms with Crippen LogP contribution in [0.15, 0.2) is 18.5 Å². The van der Waals surface area contributed by atoms with Gasteiger partial charge in [-0.1, -0.05) is 0 Å². The molecule has 2 rings (SSSR count). The van der Waals surface area contributed by atoms with Gasteiger partial charge in [0.05, 0.1) is 12.8 Å². The first-order valence-electron chi connectivity index (χ1n) is 5.19. The molecule has 0 saturated carbocycles. The smallest absolute Gasteiger partial charge is 0.339 e. The molecular formula is C11H13NO4. The Morgan fingerprint density at radius 2 is 2.50 bits per heavy atom. The van der Waals surface area contributed by atoms with E-state index in [-0.39, 0.29) is 11.7 Å². The first-order valence-corrected chi connectivity index (χ1v) is 5.19. The number of aromatic nitrogens is 1. The van der Waals surface area contributed by atoms with Gasteiger partial charge in [0.1, 0.15) is 11.7 Å². The maximum atomic E-state index is 10.9. The van der Waals surface area contributed by atoms with Gasteiger partial charge < -0.3 is 14.6 Å². The third-order valence-corrected chi connectivity index (χ3v) is 2.43. The summed E-state index contributed by atoms with van der Waals surface area (Å²) in [6.07, 6.45) is 4.61. The van der Waals surface area contributed by atoms with Gasteiger partial charge in [-0.15, -0.1) is 0 Å². The van der Waals surface area contributed by atoms with Gasteiger partial charge >= 0.3 is 5.97 Å². The van der Waals surface area contributed by atoms with E-state index in [2.05, 4.69) is 4.98 Å². The summed E-state index contributed by atoms with van der Waals surface area (Å²) >= 11 is 0. The second-order valence-electron chi connectivity index (χ2n) is 3.63. The summed E-state index contributed by atoms with van der Waals surface area (Å²) in [5.41, 5.74) is 0.139. The Kier molecular flexibility index (Phi) is 3.36. The van der Waals surface area contributed by atoms with E-state index in [0.29, 0.717) is 12.4 Å². The van der Waals surface area contributed by atoms with Crippen LogP contribution in [0, 0.1) is 0 Å². The molecule has 16 heavy (non-hydrogen) atoms. The number of rotatable bonds is 3. The third-order valence-electron chi connectivity index (χ3n) is 2.43. The van der Waals surface area contributed by atoms with Crippen molar-refractivity contribution in [2.24, 2.45) is 0 Å². The van der Waals surface area contributed by atoms with Crippen molar-refractivity contribution in [1.82, 2.24) is 4.98 Å². The molecule has 1 aromatic heterocycles. The van der Waals surface area contributed by atoms with Crippen LogP contribution in [0.4, 0.5) is 0 Å². The SMILES string of the molecule is O=C(O)c1ccncc1OC1CCCOC1. The lowest BCUT2D eigenvalue weighted by Crippen LogP contribution is -2.28. The molecule has 1 unspecified atom stereocenters. The minimum absolute atomic E-state index is 0.0731. The first kappa shape index (κ1) is 10.9. The molecule has 5 heteroatoms. The van der Waals surface area contributed by atoms with E-state index in [1.54, 1.807) is 0 Å². The molecule has 0 radical (unpaired) electrons. The van der Waals surface area contributed by atoms with Gasteiger partial charge in [-0.3, -0.25) is 4.98 Å². The monoisotopic (exact) mass is 223 g/mol. The van der Waals surface area contributed by atoms with E-state index in [9.17, 15) is 4.79 Å². The Labute approximate surface area is 93.0 Å². The summed E-state index contributed by atoms with van der Waals surface area (Å²) in [6, 6.07) is 1.43. The fourth-order valence-corrected chi connectivity index (χ4v) is 1.63. The number of ether oxygens (including phenoxy) is 2. The van der Waals surface area contributed by atoms with Crippen LogP contribution >= 0.6 is 0 Å². The zero-order valence-electron chi connectivity index (χ0n) is 8.76. The number of hydrogen-bond donors (Lipinski definition) is 1. The Balaban J connectivity index is 2.10. The van der Waals surface area contributed by atoms with Crippen molar-refractivity contribution in [3.05, 3.63) is 24.0 Å². The van der Waals surface area contributed by atoms with E-state index in [1.165, 1.54) is 18.5 Å². The van der Waals surface area contributed by atoms with Gasteiger partial charge in [0.25, 0.3) is 0 Å². The molecule has 1 aliphatic rings. The lowest BCUT2D eigenvalue weighted by atomic mass is 10.1. The fraction of sp³-hybridized carbons (Fsp3) is 0.455. The maximum absolute atomic E-state index is 10.9. The summed E-state index contributed by atoms with van der Waals surface area (Å²) < 4.78 is 10.8. The summed E-state index contributed by atoms with van der Waals surface area (Å²) in [7, 11) is 0. The van der Waals surface area contributed by atoms with Gasteiger partial charge in [0, 0.05) is 12.8 Å². The van der Waals surface area contributed by atoms with Crippen molar-refractivity contribution in [2.75, 3.05) is 13.2 Å². The zero-order valence-corrected chi connectivity index (χ0v) is 8.76. The highest BCUT2D eigenvalue weighted by molar-refractivity contribution is 5.90. The molecule has 1 aromatic rings. The van der Waals surface area contributed by atoms with Crippen LogP contribution < -0.4 is 4.74 Å². The highest BCUT2D eigenvalue weighted by atomic mass is 16.5. The Bertz CT molecular complexity index is 374. The van der Waals surface area contributed by atoms with Crippen molar-refractivity contribution in [3.8, 4) is 5.75 Å². The number of carboxylic acids is 1. The topological polar surface area (TPSA) is 68.7 Å². The summed E-state index contributed by atoms with van der Waals surface area (Å²) in [6.45, 7) is 1.26. The number of aromatic carboxylic acids is 1. The van der Waals surface area contributed by atoms with E-state index < -0.39 is 5.97 Å². The van der Waals surface area contributed by atoms with Crippen LogP contribution in [0.5, 0.6) is 5.75 Å². The van der Waals surface area contributed by atoms with Gasteiger partial charge in [-0.2, -0.15) is 0 Å². The second kappa shape index (κ2) is 4.94. The highest BCUT2D eigenvalue weighted by Crippen LogP contribution is 2.20. The minimum atomic E-state index is -1.01.